The highest BCUT2D eigenvalue weighted by atomic mass is 19.1. The monoisotopic (exact) mass is 351 g/mol. The van der Waals surface area contributed by atoms with Gasteiger partial charge in [-0.15, -0.1) is 0 Å². The van der Waals surface area contributed by atoms with Gasteiger partial charge in [0.25, 0.3) is 0 Å². The Kier molecular flexibility index (Phi) is 6.71. The second-order valence-corrected chi connectivity index (χ2v) is 5.45. The van der Waals surface area contributed by atoms with Crippen LogP contribution in [-0.2, 0) is 11.3 Å². The van der Waals surface area contributed by atoms with Crippen molar-refractivity contribution in [3.63, 3.8) is 0 Å². The number of halogens is 2. The lowest BCUT2D eigenvalue weighted by Gasteiger charge is -2.20. The summed E-state index contributed by atoms with van der Waals surface area (Å²) in [6.45, 7) is 1.38. The number of alkyl carbamates (subject to hydrolysis) is 1. The van der Waals surface area contributed by atoms with E-state index in [1.807, 2.05) is 30.3 Å². The molecule has 7 heteroatoms. The Bertz CT molecular complexity index is 697. The van der Waals surface area contributed by atoms with Crippen LogP contribution in [0.15, 0.2) is 48.5 Å². The number of carbonyl (C=O) groups is 1. The third kappa shape index (κ3) is 6.04. The molecule has 2 atom stereocenters. The molecule has 2 N–H and O–H groups in total. The first-order chi connectivity index (χ1) is 12.0. The van der Waals surface area contributed by atoms with E-state index in [9.17, 15) is 18.7 Å². The number of carbonyl (C=O) groups excluding carboxylic acids is 1. The molecule has 0 bridgehead atoms. The summed E-state index contributed by atoms with van der Waals surface area (Å²) < 4.78 is 36.4. The van der Waals surface area contributed by atoms with E-state index >= 15 is 0 Å². The Hall–Kier alpha value is -2.67. The maximum absolute atomic E-state index is 13.4. The molecule has 2 aromatic carbocycles. The smallest absolute Gasteiger partial charge is 0.407 e. The molecule has 2 rings (SSSR count). The van der Waals surface area contributed by atoms with Crippen molar-refractivity contribution in [2.75, 3.05) is 6.61 Å². The highest BCUT2D eigenvalue weighted by Gasteiger charge is 2.19. The van der Waals surface area contributed by atoms with Crippen molar-refractivity contribution in [1.29, 1.82) is 0 Å². The molecule has 0 saturated carbocycles. The highest BCUT2D eigenvalue weighted by Crippen LogP contribution is 2.17. The van der Waals surface area contributed by atoms with Crippen molar-refractivity contribution in [1.82, 2.24) is 5.32 Å². The second kappa shape index (κ2) is 8.98. The number of aliphatic hydroxyl groups is 1. The largest absolute Gasteiger partial charge is 0.488 e. The molecule has 0 heterocycles. The number of aliphatic hydroxyl groups excluding tert-OH is 1. The fourth-order valence-electron chi connectivity index (χ4n) is 1.96. The number of rotatable bonds is 7. The minimum Gasteiger partial charge on any atom is -0.488 e. The number of hydrogen-bond donors (Lipinski definition) is 2. The summed E-state index contributed by atoms with van der Waals surface area (Å²) >= 11 is 0. The number of amides is 1. The van der Waals surface area contributed by atoms with E-state index in [0.29, 0.717) is 6.07 Å². The van der Waals surface area contributed by atoms with Crippen LogP contribution in [0.2, 0.25) is 0 Å². The van der Waals surface area contributed by atoms with E-state index in [4.69, 9.17) is 9.47 Å². The van der Waals surface area contributed by atoms with Gasteiger partial charge in [0.15, 0.2) is 11.6 Å². The fraction of sp³-hybridized carbons (Fsp3) is 0.278. The third-order valence-electron chi connectivity index (χ3n) is 3.44. The summed E-state index contributed by atoms with van der Waals surface area (Å²) in [7, 11) is 0. The standard InChI is InChI=1S/C18H19F2NO4/c1-12(21-18(23)25-10-13-5-3-2-4-6-13)16(22)11-24-17-8-7-14(19)9-15(17)20/h2-9,12,16,22H,10-11H2,1H3,(H,21,23)/t12-,16+/m0/s1. The molecule has 0 unspecified atom stereocenters. The first-order valence-corrected chi connectivity index (χ1v) is 7.69. The maximum Gasteiger partial charge on any atom is 0.407 e. The summed E-state index contributed by atoms with van der Waals surface area (Å²) in [5.74, 6) is -1.77. The van der Waals surface area contributed by atoms with E-state index in [-0.39, 0.29) is 19.0 Å². The van der Waals surface area contributed by atoms with Gasteiger partial charge in [-0.05, 0) is 24.6 Å². The molecule has 134 valence electrons. The van der Waals surface area contributed by atoms with Crippen LogP contribution < -0.4 is 10.1 Å². The van der Waals surface area contributed by atoms with Gasteiger partial charge in [-0.1, -0.05) is 30.3 Å². The predicted molar refractivity (Wildman–Crippen MR) is 87.1 cm³/mol. The van der Waals surface area contributed by atoms with E-state index in [2.05, 4.69) is 5.32 Å². The van der Waals surface area contributed by atoms with Crippen LogP contribution >= 0.6 is 0 Å². The van der Waals surface area contributed by atoms with Gasteiger partial charge in [-0.2, -0.15) is 0 Å². The van der Waals surface area contributed by atoms with Gasteiger partial charge in [-0.3, -0.25) is 0 Å². The van der Waals surface area contributed by atoms with Gasteiger partial charge in [0.05, 0.1) is 6.04 Å². The lowest BCUT2D eigenvalue weighted by Crippen LogP contribution is -2.44. The topological polar surface area (TPSA) is 67.8 Å². The van der Waals surface area contributed by atoms with Crippen LogP contribution in [0, 0.1) is 11.6 Å². The zero-order chi connectivity index (χ0) is 18.2. The molecule has 0 aliphatic carbocycles. The van der Waals surface area contributed by atoms with Crippen LogP contribution in [0.5, 0.6) is 5.75 Å². The van der Waals surface area contributed by atoms with Crippen LogP contribution in [0.3, 0.4) is 0 Å². The summed E-state index contributed by atoms with van der Waals surface area (Å²) in [5.41, 5.74) is 0.834. The minimum atomic E-state index is -1.10. The fourth-order valence-corrected chi connectivity index (χ4v) is 1.96. The molecule has 0 aliphatic rings. The number of hydrogen-bond acceptors (Lipinski definition) is 4. The molecule has 5 nitrogen and oxygen atoms in total. The molecule has 0 saturated heterocycles. The molecule has 1 amide bonds. The molecular formula is C18H19F2NO4. The van der Waals surface area contributed by atoms with Crippen molar-refractivity contribution < 1.29 is 28.2 Å². The van der Waals surface area contributed by atoms with Crippen LogP contribution in [0.1, 0.15) is 12.5 Å². The summed E-state index contributed by atoms with van der Waals surface area (Å²) in [6.07, 6.45) is -1.79. The summed E-state index contributed by atoms with van der Waals surface area (Å²) in [6, 6.07) is 11.3. The van der Waals surface area contributed by atoms with E-state index in [0.717, 1.165) is 17.7 Å². The maximum atomic E-state index is 13.4. The zero-order valence-electron chi connectivity index (χ0n) is 13.6. The van der Waals surface area contributed by atoms with Gasteiger partial charge in [-0.25, -0.2) is 13.6 Å². The molecule has 2 aromatic rings. The minimum absolute atomic E-state index is 0.104. The predicted octanol–water partition coefficient (Wildman–Crippen LogP) is 3.02. The molecule has 0 spiro atoms. The summed E-state index contributed by atoms with van der Waals surface area (Å²) in [5, 5.41) is 12.4. The molecule has 0 aliphatic heterocycles. The Morgan fingerprint density at radius 1 is 1.20 bits per heavy atom. The Labute approximate surface area is 144 Å². The SMILES string of the molecule is C[C@H](NC(=O)OCc1ccccc1)[C@H](O)COc1ccc(F)cc1F. The first kappa shape index (κ1) is 18.7. The van der Waals surface area contributed by atoms with Gasteiger partial charge >= 0.3 is 6.09 Å². The number of ether oxygens (including phenoxy) is 2. The summed E-state index contributed by atoms with van der Waals surface area (Å²) in [4.78, 5) is 11.7. The van der Waals surface area contributed by atoms with E-state index in [1.54, 1.807) is 6.92 Å². The first-order valence-electron chi connectivity index (χ1n) is 7.69. The molecule has 0 radical (unpaired) electrons. The molecule has 0 aromatic heterocycles. The lowest BCUT2D eigenvalue weighted by molar-refractivity contribution is 0.0697. The van der Waals surface area contributed by atoms with Gasteiger partial charge in [0.2, 0.25) is 0 Å². The van der Waals surface area contributed by atoms with Crippen molar-refractivity contribution >= 4 is 6.09 Å². The van der Waals surface area contributed by atoms with Crippen molar-refractivity contribution in [3.05, 3.63) is 65.7 Å². The van der Waals surface area contributed by atoms with E-state index in [1.165, 1.54) is 0 Å². The van der Waals surface area contributed by atoms with Gasteiger partial charge in [0.1, 0.15) is 25.1 Å². The van der Waals surface area contributed by atoms with E-state index < -0.39 is 29.9 Å². The molecular weight excluding hydrogens is 332 g/mol. The Morgan fingerprint density at radius 3 is 2.60 bits per heavy atom. The van der Waals surface area contributed by atoms with Crippen LogP contribution in [0.25, 0.3) is 0 Å². The second-order valence-electron chi connectivity index (χ2n) is 5.45. The lowest BCUT2D eigenvalue weighted by atomic mass is 10.2. The Morgan fingerprint density at radius 2 is 1.92 bits per heavy atom. The zero-order valence-corrected chi connectivity index (χ0v) is 13.6. The van der Waals surface area contributed by atoms with Crippen molar-refractivity contribution in [2.45, 2.75) is 25.7 Å². The number of nitrogens with one attached hydrogen (secondary N) is 1. The average Bonchev–Trinajstić information content (AvgIpc) is 2.60. The average molecular weight is 351 g/mol. The van der Waals surface area contributed by atoms with Crippen molar-refractivity contribution in [3.8, 4) is 5.75 Å². The van der Waals surface area contributed by atoms with Gasteiger partial charge in [0, 0.05) is 6.07 Å². The quantitative estimate of drug-likeness (QED) is 0.805. The van der Waals surface area contributed by atoms with Crippen LogP contribution in [-0.4, -0.2) is 30.0 Å². The highest BCUT2D eigenvalue weighted by molar-refractivity contribution is 5.67. The molecule has 0 fully saturated rings. The normalized spacial score (nSPS) is 13.0. The van der Waals surface area contributed by atoms with Gasteiger partial charge < -0.3 is 19.9 Å². The Balaban J connectivity index is 1.75. The number of benzene rings is 2. The third-order valence-corrected chi connectivity index (χ3v) is 3.44. The van der Waals surface area contributed by atoms with Crippen LogP contribution in [0.4, 0.5) is 13.6 Å². The molecule has 25 heavy (non-hydrogen) atoms. The van der Waals surface area contributed by atoms with Crippen molar-refractivity contribution in [2.24, 2.45) is 0 Å².